The van der Waals surface area contributed by atoms with Crippen molar-refractivity contribution in [1.29, 1.82) is 0 Å². The number of likely N-dealkylation sites (tertiary alicyclic amines) is 1. The lowest BCUT2D eigenvalue weighted by Crippen LogP contribution is -2.66. The lowest BCUT2D eigenvalue weighted by Gasteiger charge is -2.59. The van der Waals surface area contributed by atoms with Crippen LogP contribution in [0.3, 0.4) is 0 Å². The molecule has 0 unspecified atom stereocenters. The highest BCUT2D eigenvalue weighted by atomic mass is 32.2. The van der Waals surface area contributed by atoms with E-state index in [1.54, 1.807) is 6.92 Å². The zero-order valence-electron chi connectivity index (χ0n) is 11.7. The van der Waals surface area contributed by atoms with Crippen molar-refractivity contribution in [2.45, 2.75) is 32.2 Å². The minimum absolute atomic E-state index is 0.192. The Morgan fingerprint density at radius 1 is 1.37 bits per heavy atom. The fraction of sp³-hybridized carbons (Fsp3) is 1.00. The molecule has 3 rings (SSSR count). The Bertz CT molecular complexity index is 417. The van der Waals surface area contributed by atoms with Gasteiger partial charge >= 0.3 is 0 Å². The van der Waals surface area contributed by atoms with Gasteiger partial charge in [0.05, 0.1) is 5.75 Å². The van der Waals surface area contributed by atoms with E-state index in [1.807, 2.05) is 0 Å². The van der Waals surface area contributed by atoms with E-state index in [-0.39, 0.29) is 11.8 Å². The van der Waals surface area contributed by atoms with Gasteiger partial charge in [-0.25, -0.2) is 13.1 Å². The SMILES string of the molecule is CCS(=O)(=O)NC1CC2(C1)CN(C[C@H]1CCNC1)C2. The number of rotatable bonds is 5. The van der Waals surface area contributed by atoms with Crippen LogP contribution >= 0.6 is 0 Å². The first kappa shape index (κ1) is 13.8. The average molecular weight is 287 g/mol. The van der Waals surface area contributed by atoms with E-state index in [9.17, 15) is 8.42 Å². The monoisotopic (exact) mass is 287 g/mol. The second kappa shape index (κ2) is 4.98. The predicted molar refractivity (Wildman–Crippen MR) is 75.5 cm³/mol. The highest BCUT2D eigenvalue weighted by molar-refractivity contribution is 7.89. The fourth-order valence-corrected chi connectivity index (χ4v) is 4.77. The fourth-order valence-electron chi connectivity index (χ4n) is 3.93. The van der Waals surface area contributed by atoms with Crippen LogP contribution in [0, 0.1) is 11.3 Å². The summed E-state index contributed by atoms with van der Waals surface area (Å²) in [5.41, 5.74) is 0.437. The highest BCUT2D eigenvalue weighted by Crippen LogP contribution is 2.48. The number of nitrogens with one attached hydrogen (secondary N) is 2. The molecule has 2 aliphatic heterocycles. The van der Waals surface area contributed by atoms with Gasteiger partial charge in [0.2, 0.25) is 10.0 Å². The van der Waals surface area contributed by atoms with Gasteiger partial charge in [0, 0.05) is 25.7 Å². The second-order valence-corrected chi connectivity index (χ2v) is 8.70. The molecular formula is C13H25N3O2S. The maximum atomic E-state index is 11.5. The summed E-state index contributed by atoms with van der Waals surface area (Å²) in [6.45, 7) is 7.60. The molecule has 6 heteroatoms. The van der Waals surface area contributed by atoms with Gasteiger partial charge < -0.3 is 10.2 Å². The van der Waals surface area contributed by atoms with Crippen LogP contribution in [0.5, 0.6) is 0 Å². The Morgan fingerprint density at radius 3 is 2.68 bits per heavy atom. The largest absolute Gasteiger partial charge is 0.316 e. The van der Waals surface area contributed by atoms with Gasteiger partial charge in [0.25, 0.3) is 0 Å². The van der Waals surface area contributed by atoms with Gasteiger partial charge in [-0.15, -0.1) is 0 Å². The summed E-state index contributed by atoms with van der Waals surface area (Å²) in [7, 11) is -3.02. The molecular weight excluding hydrogens is 262 g/mol. The smallest absolute Gasteiger partial charge is 0.211 e. The third-order valence-corrected chi connectivity index (χ3v) is 6.33. The second-order valence-electron chi connectivity index (χ2n) is 6.65. The van der Waals surface area contributed by atoms with Gasteiger partial charge in [0.1, 0.15) is 0 Å². The van der Waals surface area contributed by atoms with Crippen LogP contribution in [0.2, 0.25) is 0 Å². The summed E-state index contributed by atoms with van der Waals surface area (Å²) >= 11 is 0. The standard InChI is InChI=1S/C13H25N3O2S/c1-2-19(17,18)15-12-5-13(6-12)9-16(10-13)8-11-3-4-14-7-11/h11-12,14-15H,2-10H2,1H3/t11-/m0/s1. The summed E-state index contributed by atoms with van der Waals surface area (Å²) in [6.07, 6.45) is 3.37. The molecule has 2 heterocycles. The average Bonchev–Trinajstić information content (AvgIpc) is 2.76. The topological polar surface area (TPSA) is 61.4 Å². The molecule has 1 aliphatic carbocycles. The van der Waals surface area contributed by atoms with Crippen molar-refractivity contribution < 1.29 is 8.42 Å². The Morgan fingerprint density at radius 2 is 2.11 bits per heavy atom. The number of sulfonamides is 1. The first-order chi connectivity index (χ1) is 9.00. The lowest BCUT2D eigenvalue weighted by molar-refractivity contribution is -0.0790. The minimum Gasteiger partial charge on any atom is -0.316 e. The van der Waals surface area contributed by atoms with Crippen LogP contribution in [0.15, 0.2) is 0 Å². The van der Waals surface area contributed by atoms with Crippen LogP contribution in [-0.2, 0) is 10.0 Å². The molecule has 0 radical (unpaired) electrons. The molecule has 0 amide bonds. The molecule has 19 heavy (non-hydrogen) atoms. The molecule has 2 N–H and O–H groups in total. The maximum Gasteiger partial charge on any atom is 0.211 e. The van der Waals surface area contributed by atoms with Gasteiger partial charge in [-0.3, -0.25) is 0 Å². The molecule has 3 aliphatic rings. The van der Waals surface area contributed by atoms with Crippen molar-refractivity contribution >= 4 is 10.0 Å². The molecule has 3 fully saturated rings. The predicted octanol–water partition coefficient (Wildman–Crippen LogP) is -0.000400. The third kappa shape index (κ3) is 2.96. The number of hydrogen-bond acceptors (Lipinski definition) is 4. The Labute approximate surface area is 116 Å². The molecule has 0 aromatic rings. The summed E-state index contributed by atoms with van der Waals surface area (Å²) in [5, 5.41) is 3.41. The summed E-state index contributed by atoms with van der Waals surface area (Å²) in [5.74, 6) is 1.02. The summed E-state index contributed by atoms with van der Waals surface area (Å²) in [4.78, 5) is 2.54. The van der Waals surface area contributed by atoms with Crippen LogP contribution in [0.4, 0.5) is 0 Å². The Hall–Kier alpha value is -0.170. The highest BCUT2D eigenvalue weighted by Gasteiger charge is 2.52. The molecule has 1 spiro atoms. The summed E-state index contributed by atoms with van der Waals surface area (Å²) < 4.78 is 25.8. The van der Waals surface area contributed by atoms with Crippen LogP contribution < -0.4 is 10.0 Å². The van der Waals surface area contributed by atoms with Crippen molar-refractivity contribution in [2.75, 3.05) is 38.5 Å². The van der Waals surface area contributed by atoms with Crippen LogP contribution in [-0.4, -0.2) is 57.8 Å². The number of nitrogens with zero attached hydrogens (tertiary/aromatic N) is 1. The molecule has 0 bridgehead atoms. The van der Waals surface area contributed by atoms with E-state index in [2.05, 4.69) is 14.9 Å². The van der Waals surface area contributed by atoms with E-state index >= 15 is 0 Å². The van der Waals surface area contributed by atoms with Gasteiger partial charge in [-0.1, -0.05) is 0 Å². The molecule has 2 saturated heterocycles. The van der Waals surface area contributed by atoms with E-state index in [1.165, 1.54) is 39.1 Å². The lowest BCUT2D eigenvalue weighted by atomic mass is 9.61. The molecule has 0 aromatic heterocycles. The van der Waals surface area contributed by atoms with Gasteiger partial charge in [-0.05, 0) is 50.6 Å². The van der Waals surface area contributed by atoms with Crippen molar-refractivity contribution in [3.05, 3.63) is 0 Å². The molecule has 0 aromatic carbocycles. The van der Waals surface area contributed by atoms with Crippen molar-refractivity contribution in [2.24, 2.45) is 11.3 Å². The zero-order chi connectivity index (χ0) is 13.5. The van der Waals surface area contributed by atoms with Gasteiger partial charge in [0.15, 0.2) is 0 Å². The van der Waals surface area contributed by atoms with Gasteiger partial charge in [-0.2, -0.15) is 0 Å². The molecule has 110 valence electrons. The zero-order valence-corrected chi connectivity index (χ0v) is 12.5. The van der Waals surface area contributed by atoms with Crippen LogP contribution in [0.25, 0.3) is 0 Å². The van der Waals surface area contributed by atoms with Crippen LogP contribution in [0.1, 0.15) is 26.2 Å². The molecule has 1 saturated carbocycles. The third-order valence-electron chi connectivity index (χ3n) is 4.88. The Balaban J connectivity index is 1.38. The van der Waals surface area contributed by atoms with E-state index < -0.39 is 10.0 Å². The quantitative estimate of drug-likeness (QED) is 0.747. The first-order valence-corrected chi connectivity index (χ1v) is 9.09. The Kier molecular flexibility index (Phi) is 3.62. The van der Waals surface area contributed by atoms with Crippen molar-refractivity contribution in [3.8, 4) is 0 Å². The van der Waals surface area contributed by atoms with Crippen molar-refractivity contribution in [3.63, 3.8) is 0 Å². The maximum absolute atomic E-state index is 11.5. The van der Waals surface area contributed by atoms with E-state index in [0.29, 0.717) is 5.41 Å². The molecule has 1 atom stereocenters. The normalized spacial score (nSPS) is 31.3. The summed E-state index contributed by atoms with van der Waals surface area (Å²) in [6, 6.07) is 0.195. The minimum atomic E-state index is -3.02. The van der Waals surface area contributed by atoms with E-state index in [4.69, 9.17) is 0 Å². The van der Waals surface area contributed by atoms with E-state index in [0.717, 1.165) is 18.8 Å². The molecule has 5 nitrogen and oxygen atoms in total. The number of hydrogen-bond donors (Lipinski definition) is 2. The first-order valence-electron chi connectivity index (χ1n) is 7.43. The van der Waals surface area contributed by atoms with Crippen molar-refractivity contribution in [1.82, 2.24) is 14.9 Å².